The van der Waals surface area contributed by atoms with Crippen LogP contribution in [-0.4, -0.2) is 36.7 Å². The Hall–Kier alpha value is -3.49. The fraction of sp³-hybridized carbons (Fsp3) is 0.200. The lowest BCUT2D eigenvalue weighted by molar-refractivity contribution is -0.120. The standard InChI is InChI=1S/C25H23N3O4S/c29-24(18-14-16-28(17-15-18)33(30,31)21-6-2-1-3-7-21)26-20-12-10-19(11-13-20)25-27-22-8-4-5-9-23(22)32-25/h1-13,18H,14-17H2,(H,26,29). The number of carbonyl (C=O) groups excluding carboxylic acids is 1. The van der Waals surface area contributed by atoms with Crippen LogP contribution in [0.25, 0.3) is 22.6 Å². The number of nitrogens with one attached hydrogen (secondary N) is 1. The van der Waals surface area contributed by atoms with Crippen molar-refractivity contribution in [2.24, 2.45) is 5.92 Å². The third-order valence-electron chi connectivity index (χ3n) is 5.90. The van der Waals surface area contributed by atoms with Crippen LogP contribution in [0, 0.1) is 5.92 Å². The molecule has 1 aliphatic heterocycles. The van der Waals surface area contributed by atoms with E-state index in [9.17, 15) is 13.2 Å². The summed E-state index contributed by atoms with van der Waals surface area (Å²) in [6, 6.07) is 23.3. The molecule has 0 bridgehead atoms. The molecule has 0 radical (unpaired) electrons. The van der Waals surface area contributed by atoms with Crippen LogP contribution in [0.1, 0.15) is 12.8 Å². The molecule has 1 saturated heterocycles. The summed E-state index contributed by atoms with van der Waals surface area (Å²) in [6.45, 7) is 0.651. The maximum absolute atomic E-state index is 12.8. The fourth-order valence-electron chi connectivity index (χ4n) is 4.04. The molecule has 0 unspecified atom stereocenters. The summed E-state index contributed by atoms with van der Waals surface area (Å²) < 4.78 is 32.8. The maximum Gasteiger partial charge on any atom is 0.243 e. The number of nitrogens with zero attached hydrogens (tertiary/aromatic N) is 2. The van der Waals surface area contributed by atoms with Crippen LogP contribution in [0.15, 0.2) is 88.2 Å². The van der Waals surface area contributed by atoms with Crippen LogP contribution in [0.5, 0.6) is 0 Å². The highest BCUT2D eigenvalue weighted by molar-refractivity contribution is 7.89. The largest absolute Gasteiger partial charge is 0.436 e. The number of fused-ring (bicyclic) bond motifs is 1. The molecule has 168 valence electrons. The molecule has 0 spiro atoms. The van der Waals surface area contributed by atoms with E-state index in [2.05, 4.69) is 10.3 Å². The van der Waals surface area contributed by atoms with E-state index in [0.717, 1.165) is 16.7 Å². The van der Waals surface area contributed by atoms with Gasteiger partial charge in [0.2, 0.25) is 21.8 Å². The minimum atomic E-state index is -3.52. The molecule has 7 nitrogen and oxygen atoms in total. The fourth-order valence-corrected chi connectivity index (χ4v) is 5.53. The van der Waals surface area contributed by atoms with E-state index in [-0.39, 0.29) is 16.7 Å². The first kappa shape index (κ1) is 21.4. The number of oxazole rings is 1. The van der Waals surface area contributed by atoms with Crippen molar-refractivity contribution in [1.82, 2.24) is 9.29 Å². The van der Waals surface area contributed by atoms with E-state index < -0.39 is 10.0 Å². The first-order valence-corrected chi connectivity index (χ1v) is 12.3. The SMILES string of the molecule is O=C(Nc1ccc(-c2nc3ccccc3o2)cc1)C1CCN(S(=O)(=O)c2ccccc2)CC1. The number of para-hydroxylation sites is 2. The van der Waals surface area contributed by atoms with Crippen molar-refractivity contribution in [3.63, 3.8) is 0 Å². The number of carbonyl (C=O) groups is 1. The van der Waals surface area contributed by atoms with Gasteiger partial charge in [-0.25, -0.2) is 13.4 Å². The number of rotatable bonds is 5. The zero-order chi connectivity index (χ0) is 22.8. The number of anilines is 1. The zero-order valence-electron chi connectivity index (χ0n) is 17.8. The molecule has 0 saturated carbocycles. The van der Waals surface area contributed by atoms with Crippen LogP contribution in [0.4, 0.5) is 5.69 Å². The van der Waals surface area contributed by atoms with Gasteiger partial charge in [-0.2, -0.15) is 4.31 Å². The second-order valence-electron chi connectivity index (χ2n) is 8.04. The molecule has 2 heterocycles. The number of hydrogen-bond donors (Lipinski definition) is 1. The third kappa shape index (κ3) is 4.40. The van der Waals surface area contributed by atoms with E-state index in [0.29, 0.717) is 37.5 Å². The third-order valence-corrected chi connectivity index (χ3v) is 7.81. The molecule has 4 aromatic rings. The molecule has 1 aliphatic rings. The number of benzene rings is 3. The molecule has 8 heteroatoms. The monoisotopic (exact) mass is 461 g/mol. The molecule has 33 heavy (non-hydrogen) atoms. The van der Waals surface area contributed by atoms with E-state index in [1.54, 1.807) is 30.3 Å². The highest BCUT2D eigenvalue weighted by Gasteiger charge is 2.32. The summed E-state index contributed by atoms with van der Waals surface area (Å²) in [7, 11) is -3.52. The lowest BCUT2D eigenvalue weighted by Crippen LogP contribution is -2.41. The van der Waals surface area contributed by atoms with E-state index >= 15 is 0 Å². The van der Waals surface area contributed by atoms with Crippen LogP contribution in [0.2, 0.25) is 0 Å². The summed E-state index contributed by atoms with van der Waals surface area (Å²) in [6.07, 6.45) is 0.970. The van der Waals surface area contributed by atoms with Crippen molar-refractivity contribution in [2.45, 2.75) is 17.7 Å². The topological polar surface area (TPSA) is 92.5 Å². The molecular weight excluding hydrogens is 438 g/mol. The second-order valence-corrected chi connectivity index (χ2v) is 9.98. The highest BCUT2D eigenvalue weighted by atomic mass is 32.2. The normalized spacial score (nSPS) is 15.5. The average molecular weight is 462 g/mol. The van der Waals surface area contributed by atoms with Gasteiger partial charge in [0.1, 0.15) is 5.52 Å². The van der Waals surface area contributed by atoms with Crippen molar-refractivity contribution in [2.75, 3.05) is 18.4 Å². The Labute approximate surface area is 192 Å². The van der Waals surface area contributed by atoms with Crippen LogP contribution >= 0.6 is 0 Å². The summed E-state index contributed by atoms with van der Waals surface area (Å²) in [4.78, 5) is 17.5. The Morgan fingerprint density at radius 3 is 2.27 bits per heavy atom. The first-order valence-electron chi connectivity index (χ1n) is 10.8. The molecule has 0 aliphatic carbocycles. The van der Waals surface area contributed by atoms with Gasteiger partial charge in [-0.1, -0.05) is 30.3 Å². The summed E-state index contributed by atoms with van der Waals surface area (Å²) >= 11 is 0. The van der Waals surface area contributed by atoms with Gasteiger partial charge in [0.25, 0.3) is 0 Å². The molecule has 1 amide bonds. The van der Waals surface area contributed by atoms with Gasteiger partial charge in [-0.05, 0) is 61.4 Å². The summed E-state index contributed by atoms with van der Waals surface area (Å²) in [5.41, 5.74) is 3.03. The Kier molecular flexibility index (Phi) is 5.70. The van der Waals surface area contributed by atoms with Crippen molar-refractivity contribution < 1.29 is 17.6 Å². The molecule has 1 fully saturated rings. The maximum atomic E-state index is 12.8. The number of hydrogen-bond acceptors (Lipinski definition) is 5. The van der Waals surface area contributed by atoms with E-state index in [1.807, 2.05) is 48.5 Å². The van der Waals surface area contributed by atoms with E-state index in [4.69, 9.17) is 4.42 Å². The number of amides is 1. The molecule has 0 atom stereocenters. The molecule has 3 aromatic carbocycles. The van der Waals surface area contributed by atoms with Gasteiger partial charge in [-0.15, -0.1) is 0 Å². The van der Waals surface area contributed by atoms with E-state index in [1.165, 1.54) is 4.31 Å². The Morgan fingerprint density at radius 1 is 0.909 bits per heavy atom. The Balaban J connectivity index is 1.20. The molecule has 1 N–H and O–H groups in total. The lowest BCUT2D eigenvalue weighted by Gasteiger charge is -2.30. The van der Waals surface area contributed by atoms with Crippen molar-refractivity contribution in [1.29, 1.82) is 0 Å². The zero-order valence-corrected chi connectivity index (χ0v) is 18.7. The van der Waals surface area contributed by atoms with Gasteiger partial charge in [0.05, 0.1) is 4.90 Å². The number of piperidine rings is 1. The smallest absolute Gasteiger partial charge is 0.243 e. The first-order chi connectivity index (χ1) is 16.0. The minimum Gasteiger partial charge on any atom is -0.436 e. The van der Waals surface area contributed by atoms with Crippen LogP contribution in [-0.2, 0) is 14.8 Å². The predicted octanol–water partition coefficient (Wildman–Crippen LogP) is 4.53. The van der Waals surface area contributed by atoms with Gasteiger partial charge >= 0.3 is 0 Å². The molecule has 5 rings (SSSR count). The lowest BCUT2D eigenvalue weighted by atomic mass is 9.97. The Morgan fingerprint density at radius 2 is 1.58 bits per heavy atom. The van der Waals surface area contributed by atoms with Gasteiger partial charge in [-0.3, -0.25) is 4.79 Å². The quantitative estimate of drug-likeness (QED) is 0.471. The van der Waals surface area contributed by atoms with Crippen LogP contribution in [0.3, 0.4) is 0 Å². The minimum absolute atomic E-state index is 0.0960. The van der Waals surface area contributed by atoms with Crippen LogP contribution < -0.4 is 5.32 Å². The predicted molar refractivity (Wildman–Crippen MR) is 126 cm³/mol. The second kappa shape index (κ2) is 8.80. The summed E-state index contributed by atoms with van der Waals surface area (Å²) in [5.74, 6) is 0.200. The van der Waals surface area contributed by atoms with Gasteiger partial charge in [0, 0.05) is 30.3 Å². The van der Waals surface area contributed by atoms with Crippen molar-refractivity contribution in [3.8, 4) is 11.5 Å². The van der Waals surface area contributed by atoms with Crippen molar-refractivity contribution >= 4 is 32.7 Å². The summed E-state index contributed by atoms with van der Waals surface area (Å²) in [5, 5.41) is 2.94. The highest BCUT2D eigenvalue weighted by Crippen LogP contribution is 2.27. The average Bonchev–Trinajstić information content (AvgIpc) is 3.29. The number of sulfonamides is 1. The van der Waals surface area contributed by atoms with Gasteiger partial charge in [0.15, 0.2) is 5.58 Å². The van der Waals surface area contributed by atoms with Gasteiger partial charge < -0.3 is 9.73 Å². The molecular formula is C25H23N3O4S. The molecule has 1 aromatic heterocycles. The number of aromatic nitrogens is 1. The Bertz CT molecular complexity index is 1340. The van der Waals surface area contributed by atoms with Crippen molar-refractivity contribution in [3.05, 3.63) is 78.9 Å².